The van der Waals surface area contributed by atoms with Crippen LogP contribution in [0.5, 0.6) is 0 Å². The van der Waals surface area contributed by atoms with Gasteiger partial charge in [0.2, 0.25) is 0 Å². The number of carboxylic acid groups (broad SMARTS) is 2. The molecule has 14 heteroatoms. The van der Waals surface area contributed by atoms with E-state index >= 15 is 0 Å². The van der Waals surface area contributed by atoms with E-state index in [0.29, 0.717) is 6.29 Å². The Morgan fingerprint density at radius 3 is 0.967 bits per heavy atom. The molecule has 0 amide bonds. The molecule has 0 rings (SSSR count). The van der Waals surface area contributed by atoms with Crippen LogP contribution < -0.4 is 0 Å². The Hall–Kier alpha value is -2.91. The van der Waals surface area contributed by atoms with Crippen molar-refractivity contribution in [2.45, 2.75) is 28.2 Å². The van der Waals surface area contributed by atoms with Crippen molar-refractivity contribution in [1.29, 1.82) is 0 Å². The second-order valence-electron chi connectivity index (χ2n) is 2.24. The molecule has 0 unspecified atom stereocenters. The molecule has 0 aromatic heterocycles. The van der Waals surface area contributed by atoms with Crippen molar-refractivity contribution in [3.63, 3.8) is 0 Å². The first-order chi connectivity index (χ1) is 13.7. The third kappa shape index (κ3) is 1800000. The summed E-state index contributed by atoms with van der Waals surface area (Å²) >= 11 is 0. The quantitative estimate of drug-likeness (QED) is 0.173. The fourth-order valence-electron chi connectivity index (χ4n) is 0. The molecule has 30 heavy (non-hydrogen) atoms. The van der Waals surface area contributed by atoms with Crippen molar-refractivity contribution >= 4 is 44.4 Å². The number of carboxylic acids is 1. The molecule has 0 radical (unpaired) electrons. The summed E-state index contributed by atoms with van der Waals surface area (Å²) in [7, 11) is 1.00. The summed E-state index contributed by atoms with van der Waals surface area (Å²) in [5.74, 6) is -0.833. The molecule has 0 heterocycles. The number of carbonyl (C=O) groups excluding carboxylic acids is 5. The maximum absolute atomic E-state index is 9.00. The Balaban J connectivity index is -0.0000000189. The highest BCUT2D eigenvalue weighted by atomic mass is 16.4. The number of aldehydes is 4. The summed E-state index contributed by atoms with van der Waals surface area (Å²) in [6, 6.07) is 0. The van der Waals surface area contributed by atoms with E-state index in [1.54, 1.807) is 6.92 Å². The topological polar surface area (TPSA) is 261 Å². The van der Waals surface area contributed by atoms with E-state index in [2.05, 4.69) is 0 Å². The average Bonchev–Trinajstić information content (AvgIpc) is 2.72. The number of hydrogen-bond acceptors (Lipinski definition) is 12. The molecule has 186 valence electrons. The first-order valence-electron chi connectivity index (χ1n) is 6.89. The summed E-state index contributed by atoms with van der Waals surface area (Å²) < 4.78 is 0. The van der Waals surface area contributed by atoms with Gasteiger partial charge < -0.3 is 50.1 Å². The Bertz CT molecular complexity index is 242. The van der Waals surface area contributed by atoms with Crippen molar-refractivity contribution < 1.29 is 69.3 Å². The second-order valence-corrected chi connectivity index (χ2v) is 2.24. The molecule has 7 N–H and O–H groups in total. The van der Waals surface area contributed by atoms with Gasteiger partial charge in [-0.2, -0.15) is 0 Å². The zero-order valence-corrected chi connectivity index (χ0v) is 16.9. The maximum atomic E-state index is 9.00. The summed E-state index contributed by atoms with van der Waals surface area (Å²) in [6.07, 6.45) is 1.57. The van der Waals surface area contributed by atoms with Crippen LogP contribution in [0.15, 0.2) is 0 Å². The molecule has 0 fully saturated rings. The molecule has 0 saturated heterocycles. The van der Waals surface area contributed by atoms with Crippen molar-refractivity contribution in [1.82, 2.24) is 0 Å². The Labute approximate surface area is 176 Å². The van der Waals surface area contributed by atoms with Gasteiger partial charge in [0.15, 0.2) is 12.6 Å². The molecule has 0 aromatic rings. The Morgan fingerprint density at radius 2 is 0.967 bits per heavy atom. The first-order valence-corrected chi connectivity index (χ1v) is 6.89. The lowest BCUT2D eigenvalue weighted by atomic mass is 10.8. The largest absolute Gasteiger partial charge is 0.483 e. The van der Waals surface area contributed by atoms with Gasteiger partial charge >= 0.3 is 0 Å². The van der Waals surface area contributed by atoms with Crippen LogP contribution in [0.3, 0.4) is 0 Å². The first kappa shape index (κ1) is 63.1. The minimum Gasteiger partial charge on any atom is -0.483 e. The number of aliphatic carboxylic acids is 1. The molecule has 0 spiro atoms. The molecule has 14 nitrogen and oxygen atoms in total. The summed E-state index contributed by atoms with van der Waals surface area (Å²) in [5, 5.41) is 51.6. The van der Waals surface area contributed by atoms with Gasteiger partial charge in [-0.3, -0.25) is 19.2 Å². The molecule has 0 bridgehead atoms. The van der Waals surface area contributed by atoms with Crippen LogP contribution >= 0.6 is 0 Å². The van der Waals surface area contributed by atoms with E-state index in [1.807, 2.05) is 6.79 Å². The summed E-state index contributed by atoms with van der Waals surface area (Å²) in [4.78, 5) is 60.7. The Kier molecular flexibility index (Phi) is 418. The number of aliphatic hydroxyl groups excluding tert-OH is 5. The molecule has 0 atom stereocenters. The standard InChI is InChI=1S/C2H4O2.C2H6O2.C2H4O2.C2H2O2.C2H6O.C2H4O.CH2O2.CH4O.CH2O.CH4/c1-2(3)4;3*3-1-2-4;2*1-2-3;2-1-3;2*1-2;/h1H3,(H,3,4);3-4H,1-2H2;1,4H,2H2;1-2H;3H,2H2,1H3;2H,1H3;1H,(H,2,3);2H,1H3;1H2;1H4. The summed E-state index contributed by atoms with van der Waals surface area (Å²) in [5.41, 5.74) is 0. The van der Waals surface area contributed by atoms with E-state index in [1.165, 1.54) is 6.92 Å². The van der Waals surface area contributed by atoms with Crippen LogP contribution in [-0.4, -0.2) is 114 Å². The monoisotopic (exact) mass is 454 g/mol. The lowest BCUT2D eigenvalue weighted by Crippen LogP contribution is -1.85. The van der Waals surface area contributed by atoms with Crippen molar-refractivity contribution in [3.05, 3.63) is 0 Å². The molecular formula is C16H38O14. The SMILES string of the molecule is C.C=O.CC(=O)O.CC=O.CCO.CO.O=CC=O.O=CCO.O=CO.OCCO. The minimum absolute atomic E-state index is 0. The van der Waals surface area contributed by atoms with Gasteiger partial charge in [-0.1, -0.05) is 7.43 Å². The van der Waals surface area contributed by atoms with Gasteiger partial charge in [-0.05, 0) is 13.8 Å². The van der Waals surface area contributed by atoms with Crippen molar-refractivity contribution in [2.24, 2.45) is 0 Å². The number of carbonyl (C=O) groups is 7. The van der Waals surface area contributed by atoms with Crippen LogP contribution in [0, 0.1) is 0 Å². The van der Waals surface area contributed by atoms with Crippen molar-refractivity contribution in [2.75, 3.05) is 33.5 Å². The summed E-state index contributed by atoms with van der Waals surface area (Å²) in [6.45, 7) is 5.60. The minimum atomic E-state index is -0.833. The molecule has 0 aromatic carbocycles. The van der Waals surface area contributed by atoms with Crippen LogP contribution in [0.1, 0.15) is 28.2 Å². The highest BCUT2D eigenvalue weighted by Crippen LogP contribution is 1.42. The van der Waals surface area contributed by atoms with E-state index in [4.69, 9.17) is 69.3 Å². The molecule has 0 aliphatic heterocycles. The molecule has 0 aliphatic carbocycles. The van der Waals surface area contributed by atoms with Gasteiger partial charge in [-0.25, -0.2) is 0 Å². The van der Waals surface area contributed by atoms with Gasteiger partial charge in [0.05, 0.1) is 19.8 Å². The third-order valence-corrected chi connectivity index (χ3v) is 0.230. The second kappa shape index (κ2) is 199. The van der Waals surface area contributed by atoms with E-state index < -0.39 is 5.97 Å². The van der Waals surface area contributed by atoms with Crippen LogP contribution in [0.25, 0.3) is 0 Å². The van der Waals surface area contributed by atoms with Gasteiger partial charge in [0, 0.05) is 20.6 Å². The normalized spacial score (nSPS) is 5.10. The van der Waals surface area contributed by atoms with Gasteiger partial charge in [0.25, 0.3) is 12.4 Å². The van der Waals surface area contributed by atoms with E-state index in [-0.39, 0.29) is 52.9 Å². The van der Waals surface area contributed by atoms with Crippen LogP contribution in [0.4, 0.5) is 0 Å². The molecule has 0 saturated carbocycles. The fraction of sp³-hybridized carbons (Fsp3) is 0.562. The highest BCUT2D eigenvalue weighted by Gasteiger charge is 1.65. The van der Waals surface area contributed by atoms with E-state index in [9.17, 15) is 0 Å². The predicted octanol–water partition coefficient (Wildman–Crippen LogP) is -2.41. The lowest BCUT2D eigenvalue weighted by Gasteiger charge is -1.70. The Morgan fingerprint density at radius 1 is 0.867 bits per heavy atom. The number of aliphatic hydroxyl groups is 5. The number of rotatable bonds is 3. The molecule has 0 aliphatic rings. The zero-order valence-electron chi connectivity index (χ0n) is 16.9. The third-order valence-electron chi connectivity index (χ3n) is 0.230. The lowest BCUT2D eigenvalue weighted by molar-refractivity contribution is -0.134. The van der Waals surface area contributed by atoms with E-state index in [0.717, 1.165) is 20.3 Å². The van der Waals surface area contributed by atoms with Gasteiger partial charge in [0.1, 0.15) is 19.4 Å². The number of hydrogen-bond donors (Lipinski definition) is 7. The van der Waals surface area contributed by atoms with Crippen LogP contribution in [0.2, 0.25) is 0 Å². The average molecular weight is 454 g/mol. The zero-order chi connectivity index (χ0) is 25.9. The maximum Gasteiger partial charge on any atom is 0.300 e. The molecular weight excluding hydrogens is 416 g/mol. The fourth-order valence-corrected chi connectivity index (χ4v) is 0. The van der Waals surface area contributed by atoms with Crippen LogP contribution in [-0.2, 0) is 33.6 Å². The smallest absolute Gasteiger partial charge is 0.300 e. The highest BCUT2D eigenvalue weighted by molar-refractivity contribution is 6.09. The van der Waals surface area contributed by atoms with Crippen molar-refractivity contribution in [3.8, 4) is 0 Å². The van der Waals surface area contributed by atoms with Gasteiger partial charge in [-0.15, -0.1) is 0 Å². The predicted molar refractivity (Wildman–Crippen MR) is 108 cm³/mol.